The molecule has 0 fully saturated rings. The fourth-order valence-electron chi connectivity index (χ4n) is 2.49. The number of hydrogen-bond donors (Lipinski definition) is 1. The molecule has 0 aliphatic carbocycles. The van der Waals surface area contributed by atoms with E-state index in [1.54, 1.807) is 24.9 Å². The molecule has 0 amide bonds. The van der Waals surface area contributed by atoms with Gasteiger partial charge in [0.2, 0.25) is 0 Å². The van der Waals surface area contributed by atoms with Crippen LogP contribution in [0.4, 0.5) is 5.69 Å². The molecule has 1 heterocycles. The number of benzene rings is 1. The number of ether oxygens (including phenoxy) is 2. The van der Waals surface area contributed by atoms with Gasteiger partial charge in [-0.15, -0.1) is 0 Å². The van der Waals surface area contributed by atoms with E-state index in [1.165, 1.54) is 19.2 Å². The van der Waals surface area contributed by atoms with Crippen LogP contribution >= 0.6 is 23.8 Å². The molecule has 0 bridgehead atoms. The molecule has 1 atom stereocenters. The third-order valence-electron chi connectivity index (χ3n) is 3.99. The highest BCUT2D eigenvalue weighted by Gasteiger charge is 2.34. The number of carbonyl (C=O) groups excluding carboxylic acids is 1. The van der Waals surface area contributed by atoms with E-state index in [9.17, 15) is 14.9 Å². The summed E-state index contributed by atoms with van der Waals surface area (Å²) in [5, 5.41) is 14.6. The SMILES string of the molecule is COCCOC(=O)C1=C(C)N(C)C(=S)N[C@H]1c1ccc(Cl)c([N+](=O)[O-])c1. The number of thiocarbonyl (C=S) groups is 1. The third kappa shape index (κ3) is 4.12. The molecule has 10 heteroatoms. The summed E-state index contributed by atoms with van der Waals surface area (Å²) in [5.41, 5.74) is 1.14. The highest BCUT2D eigenvalue weighted by Crippen LogP contribution is 2.34. The van der Waals surface area contributed by atoms with Crippen molar-refractivity contribution in [3.8, 4) is 0 Å². The van der Waals surface area contributed by atoms with Crippen molar-refractivity contribution in [3.05, 3.63) is 50.2 Å². The lowest BCUT2D eigenvalue weighted by molar-refractivity contribution is -0.384. The normalized spacial score (nSPS) is 17.2. The number of hydrogen-bond acceptors (Lipinski definition) is 6. The summed E-state index contributed by atoms with van der Waals surface area (Å²) in [6, 6.07) is 3.66. The van der Waals surface area contributed by atoms with Gasteiger partial charge in [0, 0.05) is 25.9 Å². The first-order valence-electron chi connectivity index (χ1n) is 7.62. The zero-order valence-electron chi connectivity index (χ0n) is 14.4. The molecule has 0 unspecified atom stereocenters. The van der Waals surface area contributed by atoms with Gasteiger partial charge in [-0.1, -0.05) is 17.7 Å². The number of carbonyl (C=O) groups is 1. The Balaban J connectivity index is 2.47. The van der Waals surface area contributed by atoms with Crippen molar-refractivity contribution in [2.24, 2.45) is 0 Å². The zero-order chi connectivity index (χ0) is 19.4. The summed E-state index contributed by atoms with van der Waals surface area (Å²) < 4.78 is 10.1. The molecule has 0 saturated carbocycles. The van der Waals surface area contributed by atoms with E-state index in [4.69, 9.17) is 33.3 Å². The number of nitrogens with zero attached hydrogens (tertiary/aromatic N) is 2. The van der Waals surface area contributed by atoms with Crippen molar-refractivity contribution in [1.29, 1.82) is 0 Å². The molecule has 1 aliphatic rings. The summed E-state index contributed by atoms with van der Waals surface area (Å²) in [6.07, 6.45) is 0. The van der Waals surface area contributed by atoms with Crippen LogP contribution < -0.4 is 5.32 Å². The second kappa shape index (κ2) is 8.43. The molecule has 140 valence electrons. The molecule has 0 radical (unpaired) electrons. The van der Waals surface area contributed by atoms with Crippen molar-refractivity contribution < 1.29 is 19.2 Å². The Morgan fingerprint density at radius 1 is 1.46 bits per heavy atom. The van der Waals surface area contributed by atoms with Crippen molar-refractivity contribution in [2.45, 2.75) is 13.0 Å². The Hall–Kier alpha value is -2.23. The second-order valence-electron chi connectivity index (χ2n) is 5.54. The quantitative estimate of drug-likeness (QED) is 0.256. The van der Waals surface area contributed by atoms with Gasteiger partial charge in [0.05, 0.1) is 23.1 Å². The van der Waals surface area contributed by atoms with Gasteiger partial charge in [0.15, 0.2) is 5.11 Å². The molecule has 1 aromatic rings. The Labute approximate surface area is 160 Å². The molecular formula is C16H18ClN3O5S. The van der Waals surface area contributed by atoms with Crippen LogP contribution in [0.5, 0.6) is 0 Å². The smallest absolute Gasteiger partial charge is 0.338 e. The van der Waals surface area contributed by atoms with Crippen LogP contribution in [0, 0.1) is 10.1 Å². The van der Waals surface area contributed by atoms with Crippen molar-refractivity contribution >= 4 is 40.6 Å². The fraction of sp³-hybridized carbons (Fsp3) is 0.375. The number of allylic oxidation sites excluding steroid dienone is 1. The van der Waals surface area contributed by atoms with Gasteiger partial charge in [0.25, 0.3) is 5.69 Å². The number of halogens is 1. The Kier molecular flexibility index (Phi) is 6.52. The number of nitro benzene ring substituents is 1. The Bertz CT molecular complexity index is 783. The van der Waals surface area contributed by atoms with Crippen LogP contribution in [0.2, 0.25) is 5.02 Å². The van der Waals surface area contributed by atoms with E-state index in [0.29, 0.717) is 21.9 Å². The molecule has 0 spiro atoms. The zero-order valence-corrected chi connectivity index (χ0v) is 16.0. The maximum absolute atomic E-state index is 12.6. The number of nitro groups is 1. The second-order valence-corrected chi connectivity index (χ2v) is 6.33. The molecule has 1 aromatic carbocycles. The molecule has 0 saturated heterocycles. The first-order chi connectivity index (χ1) is 12.3. The first-order valence-corrected chi connectivity index (χ1v) is 8.41. The van der Waals surface area contributed by atoms with Gasteiger partial charge in [-0.25, -0.2) is 4.79 Å². The van der Waals surface area contributed by atoms with E-state index >= 15 is 0 Å². The lowest BCUT2D eigenvalue weighted by atomic mass is 9.95. The summed E-state index contributed by atoms with van der Waals surface area (Å²) in [4.78, 5) is 24.8. The van der Waals surface area contributed by atoms with Crippen LogP contribution in [-0.4, -0.2) is 48.3 Å². The first kappa shape index (κ1) is 20.1. The minimum atomic E-state index is -0.690. The number of methoxy groups -OCH3 is 1. The number of nitrogens with one attached hydrogen (secondary N) is 1. The molecule has 2 rings (SSSR count). The predicted molar refractivity (Wildman–Crippen MR) is 99.9 cm³/mol. The number of rotatable bonds is 6. The summed E-state index contributed by atoms with van der Waals surface area (Å²) in [5.74, 6) is -0.552. The lowest BCUT2D eigenvalue weighted by Gasteiger charge is -2.35. The van der Waals surface area contributed by atoms with Gasteiger partial charge in [-0.3, -0.25) is 10.1 Å². The van der Waals surface area contributed by atoms with Crippen LogP contribution in [0.25, 0.3) is 0 Å². The van der Waals surface area contributed by atoms with Crippen molar-refractivity contribution in [3.63, 3.8) is 0 Å². The Morgan fingerprint density at radius 2 is 2.15 bits per heavy atom. The molecular weight excluding hydrogens is 382 g/mol. The highest BCUT2D eigenvalue weighted by atomic mass is 35.5. The van der Waals surface area contributed by atoms with Gasteiger partial charge < -0.3 is 19.7 Å². The van der Waals surface area contributed by atoms with Gasteiger partial charge >= 0.3 is 5.97 Å². The minimum Gasteiger partial charge on any atom is -0.460 e. The van der Waals surface area contributed by atoms with E-state index in [2.05, 4.69) is 5.32 Å². The molecule has 8 nitrogen and oxygen atoms in total. The van der Waals surface area contributed by atoms with E-state index < -0.39 is 16.9 Å². The van der Waals surface area contributed by atoms with Gasteiger partial charge in [-0.2, -0.15) is 0 Å². The van der Waals surface area contributed by atoms with Crippen LogP contribution in [-0.2, 0) is 14.3 Å². The molecule has 1 aliphatic heterocycles. The largest absolute Gasteiger partial charge is 0.460 e. The van der Waals surface area contributed by atoms with Crippen molar-refractivity contribution in [1.82, 2.24) is 10.2 Å². The van der Waals surface area contributed by atoms with E-state index in [0.717, 1.165) is 0 Å². The highest BCUT2D eigenvalue weighted by molar-refractivity contribution is 7.80. The van der Waals surface area contributed by atoms with E-state index in [-0.39, 0.29) is 23.9 Å². The monoisotopic (exact) mass is 399 g/mol. The fourth-order valence-corrected chi connectivity index (χ4v) is 2.94. The average molecular weight is 400 g/mol. The van der Waals surface area contributed by atoms with Gasteiger partial charge in [0.1, 0.15) is 11.6 Å². The Morgan fingerprint density at radius 3 is 2.77 bits per heavy atom. The van der Waals surface area contributed by atoms with Crippen LogP contribution in [0.1, 0.15) is 18.5 Å². The third-order valence-corrected chi connectivity index (χ3v) is 4.71. The average Bonchev–Trinajstić information content (AvgIpc) is 2.59. The van der Waals surface area contributed by atoms with Gasteiger partial charge in [-0.05, 0) is 30.8 Å². The topological polar surface area (TPSA) is 93.9 Å². The van der Waals surface area contributed by atoms with Crippen LogP contribution in [0.15, 0.2) is 29.5 Å². The van der Waals surface area contributed by atoms with E-state index in [1.807, 2.05) is 0 Å². The maximum atomic E-state index is 12.6. The summed E-state index contributed by atoms with van der Waals surface area (Å²) in [7, 11) is 3.22. The lowest BCUT2D eigenvalue weighted by Crippen LogP contribution is -2.46. The molecule has 0 aromatic heterocycles. The summed E-state index contributed by atoms with van der Waals surface area (Å²) in [6.45, 7) is 2.09. The standard InChI is InChI=1S/C16H18ClN3O5S/c1-9-13(15(21)25-7-6-24-3)14(18-16(26)19(9)2)10-4-5-11(17)12(8-10)20(22)23/h4-5,8,14H,6-7H2,1-3H3,(H,18,26)/t14-/m0/s1. The summed E-state index contributed by atoms with van der Waals surface area (Å²) >= 11 is 11.2. The van der Waals surface area contributed by atoms with Crippen molar-refractivity contribution in [2.75, 3.05) is 27.4 Å². The molecule has 26 heavy (non-hydrogen) atoms. The predicted octanol–water partition coefficient (Wildman–Crippen LogP) is 2.57. The molecule has 1 N–H and O–H groups in total. The number of esters is 1. The van der Waals surface area contributed by atoms with Crippen LogP contribution in [0.3, 0.4) is 0 Å². The maximum Gasteiger partial charge on any atom is 0.338 e. The minimum absolute atomic E-state index is 0.0131.